The molecule has 1 aromatic carbocycles. The summed E-state index contributed by atoms with van der Waals surface area (Å²) in [6, 6.07) is 8.84. The van der Waals surface area contributed by atoms with E-state index in [1.165, 1.54) is 11.3 Å². The molecule has 0 saturated carbocycles. The largest absolute Gasteiger partial charge is 0.371 e. The average Bonchev–Trinajstić information content (AvgIpc) is 2.49. The van der Waals surface area contributed by atoms with Crippen LogP contribution < -0.4 is 10.2 Å². The van der Waals surface area contributed by atoms with E-state index in [0.29, 0.717) is 0 Å². The molecule has 0 radical (unpaired) electrons. The van der Waals surface area contributed by atoms with E-state index in [2.05, 4.69) is 46.4 Å². The van der Waals surface area contributed by atoms with E-state index in [9.17, 15) is 0 Å². The van der Waals surface area contributed by atoms with Crippen LogP contribution in [-0.4, -0.2) is 57.8 Å². The van der Waals surface area contributed by atoms with Gasteiger partial charge in [0.2, 0.25) is 0 Å². The van der Waals surface area contributed by atoms with E-state index in [1.54, 1.807) is 0 Å². The predicted molar refractivity (Wildman–Crippen MR) is 77.7 cm³/mol. The van der Waals surface area contributed by atoms with Gasteiger partial charge < -0.3 is 19.9 Å². The first kappa shape index (κ1) is 12.9. The topological polar surface area (TPSA) is 27.7 Å². The number of morpholine rings is 1. The second-order valence-corrected chi connectivity index (χ2v) is 5.45. The van der Waals surface area contributed by atoms with Crippen LogP contribution in [0.2, 0.25) is 0 Å². The minimum Gasteiger partial charge on any atom is -0.371 e. The molecule has 3 rings (SSSR count). The third-order valence-electron chi connectivity index (χ3n) is 4.04. The van der Waals surface area contributed by atoms with Crippen LogP contribution in [0.1, 0.15) is 11.7 Å². The van der Waals surface area contributed by atoms with E-state index in [-0.39, 0.29) is 6.10 Å². The Morgan fingerprint density at radius 2 is 2.05 bits per heavy atom. The maximum Gasteiger partial charge on any atom is 0.0950 e. The fraction of sp³-hybridized carbons (Fsp3) is 0.600. The normalized spacial score (nSPS) is 25.5. The predicted octanol–water partition coefficient (Wildman–Crippen LogP) is 1.10. The molecule has 1 aromatic rings. The molecule has 0 aliphatic carbocycles. The van der Waals surface area contributed by atoms with Crippen LogP contribution in [0.5, 0.6) is 0 Å². The molecule has 0 spiro atoms. The highest BCUT2D eigenvalue weighted by molar-refractivity contribution is 5.49. The first-order chi connectivity index (χ1) is 9.33. The highest BCUT2D eigenvalue weighted by Gasteiger charge is 2.18. The molecule has 2 aliphatic heterocycles. The summed E-state index contributed by atoms with van der Waals surface area (Å²) in [6.45, 7) is 7.22. The van der Waals surface area contributed by atoms with E-state index < -0.39 is 0 Å². The van der Waals surface area contributed by atoms with Crippen LogP contribution >= 0.6 is 0 Å². The Bertz CT molecular complexity index is 410. The molecule has 0 aromatic heterocycles. The Balaban J connectivity index is 1.72. The maximum atomic E-state index is 5.83. The van der Waals surface area contributed by atoms with Crippen molar-refractivity contribution in [1.82, 2.24) is 10.2 Å². The zero-order valence-electron chi connectivity index (χ0n) is 11.6. The van der Waals surface area contributed by atoms with Gasteiger partial charge in [-0.3, -0.25) is 0 Å². The molecule has 0 amide bonds. The lowest BCUT2D eigenvalue weighted by molar-refractivity contribution is 0.0277. The number of piperazine rings is 1. The minimum absolute atomic E-state index is 0.209. The molecule has 19 heavy (non-hydrogen) atoms. The fourth-order valence-electron chi connectivity index (χ4n) is 2.77. The summed E-state index contributed by atoms with van der Waals surface area (Å²) in [5.74, 6) is 0. The van der Waals surface area contributed by atoms with Gasteiger partial charge in [-0.15, -0.1) is 0 Å². The highest BCUT2D eigenvalue weighted by Crippen LogP contribution is 2.24. The van der Waals surface area contributed by atoms with Crippen LogP contribution in [0.3, 0.4) is 0 Å². The Hall–Kier alpha value is -1.10. The Labute approximate surface area is 115 Å². The van der Waals surface area contributed by atoms with Gasteiger partial charge >= 0.3 is 0 Å². The van der Waals surface area contributed by atoms with Crippen LogP contribution in [0.15, 0.2) is 24.3 Å². The molecule has 1 atom stereocenters. The van der Waals surface area contributed by atoms with Gasteiger partial charge in [-0.1, -0.05) is 12.1 Å². The standard InChI is InChI=1S/C15H23N3O/c1-17-6-8-18(9-7-17)14-4-2-3-13(11-14)15-12-16-5-10-19-15/h2-4,11,15-16H,5-10,12H2,1H3. The maximum absolute atomic E-state index is 5.83. The molecular weight excluding hydrogens is 238 g/mol. The van der Waals surface area contributed by atoms with Gasteiger partial charge in [0, 0.05) is 45.0 Å². The molecule has 2 aliphatic rings. The lowest BCUT2D eigenvalue weighted by Gasteiger charge is -2.34. The van der Waals surface area contributed by atoms with Gasteiger partial charge in [0.25, 0.3) is 0 Å². The van der Waals surface area contributed by atoms with Gasteiger partial charge in [0.15, 0.2) is 0 Å². The van der Waals surface area contributed by atoms with E-state index in [0.717, 1.165) is 45.9 Å². The van der Waals surface area contributed by atoms with Crippen molar-refractivity contribution in [2.24, 2.45) is 0 Å². The number of rotatable bonds is 2. The summed E-state index contributed by atoms with van der Waals surface area (Å²) in [6.07, 6.45) is 0.209. The Kier molecular flexibility index (Phi) is 4.01. The van der Waals surface area contributed by atoms with Gasteiger partial charge in [-0.25, -0.2) is 0 Å². The van der Waals surface area contributed by atoms with Crippen molar-refractivity contribution in [2.45, 2.75) is 6.10 Å². The van der Waals surface area contributed by atoms with Gasteiger partial charge in [0.05, 0.1) is 12.7 Å². The number of ether oxygens (including phenoxy) is 1. The first-order valence-electron chi connectivity index (χ1n) is 7.19. The zero-order chi connectivity index (χ0) is 13.1. The van der Waals surface area contributed by atoms with Crippen molar-refractivity contribution in [3.8, 4) is 0 Å². The van der Waals surface area contributed by atoms with Crippen LogP contribution in [0.4, 0.5) is 5.69 Å². The van der Waals surface area contributed by atoms with Crippen molar-refractivity contribution in [3.63, 3.8) is 0 Å². The van der Waals surface area contributed by atoms with E-state index >= 15 is 0 Å². The van der Waals surface area contributed by atoms with Crippen LogP contribution in [0.25, 0.3) is 0 Å². The Morgan fingerprint density at radius 1 is 1.21 bits per heavy atom. The summed E-state index contributed by atoms with van der Waals surface area (Å²) in [4.78, 5) is 4.86. The van der Waals surface area contributed by atoms with Crippen molar-refractivity contribution >= 4 is 5.69 Å². The molecule has 2 saturated heterocycles. The first-order valence-corrected chi connectivity index (χ1v) is 7.19. The van der Waals surface area contributed by atoms with Crippen molar-refractivity contribution in [2.75, 3.05) is 57.8 Å². The molecule has 4 heteroatoms. The zero-order valence-corrected chi connectivity index (χ0v) is 11.6. The van der Waals surface area contributed by atoms with Crippen LogP contribution in [-0.2, 0) is 4.74 Å². The van der Waals surface area contributed by atoms with Gasteiger partial charge in [0.1, 0.15) is 0 Å². The molecule has 1 N–H and O–H groups in total. The molecular formula is C15H23N3O. The molecule has 1 unspecified atom stereocenters. The minimum atomic E-state index is 0.209. The van der Waals surface area contributed by atoms with Crippen molar-refractivity contribution in [3.05, 3.63) is 29.8 Å². The van der Waals surface area contributed by atoms with Crippen molar-refractivity contribution < 1.29 is 4.74 Å². The smallest absolute Gasteiger partial charge is 0.0950 e. The van der Waals surface area contributed by atoms with Crippen LogP contribution in [0, 0.1) is 0 Å². The highest BCUT2D eigenvalue weighted by atomic mass is 16.5. The summed E-state index contributed by atoms with van der Waals surface area (Å²) in [5.41, 5.74) is 2.63. The molecule has 2 fully saturated rings. The van der Waals surface area contributed by atoms with Gasteiger partial charge in [-0.05, 0) is 24.7 Å². The van der Waals surface area contributed by atoms with E-state index in [4.69, 9.17) is 4.74 Å². The monoisotopic (exact) mass is 261 g/mol. The third kappa shape index (κ3) is 3.08. The molecule has 2 heterocycles. The summed E-state index contributed by atoms with van der Waals surface area (Å²) >= 11 is 0. The fourth-order valence-corrected chi connectivity index (χ4v) is 2.77. The molecule has 0 bridgehead atoms. The second kappa shape index (κ2) is 5.90. The lowest BCUT2D eigenvalue weighted by Crippen LogP contribution is -2.44. The number of nitrogens with zero attached hydrogens (tertiary/aromatic N) is 2. The second-order valence-electron chi connectivity index (χ2n) is 5.45. The summed E-state index contributed by atoms with van der Waals surface area (Å²) < 4.78 is 5.83. The molecule has 104 valence electrons. The molecule has 4 nitrogen and oxygen atoms in total. The summed E-state index contributed by atoms with van der Waals surface area (Å²) in [5, 5.41) is 3.39. The SMILES string of the molecule is CN1CCN(c2cccc(C3CNCCO3)c2)CC1. The average molecular weight is 261 g/mol. The number of hydrogen-bond donors (Lipinski definition) is 1. The quantitative estimate of drug-likeness (QED) is 0.863. The third-order valence-corrected chi connectivity index (χ3v) is 4.04. The number of anilines is 1. The lowest BCUT2D eigenvalue weighted by atomic mass is 10.1. The van der Waals surface area contributed by atoms with Gasteiger partial charge in [-0.2, -0.15) is 0 Å². The number of likely N-dealkylation sites (N-methyl/N-ethyl adjacent to an activating group) is 1. The Morgan fingerprint density at radius 3 is 2.79 bits per heavy atom. The van der Waals surface area contributed by atoms with E-state index in [1.807, 2.05) is 0 Å². The summed E-state index contributed by atoms with van der Waals surface area (Å²) in [7, 11) is 2.19. The number of nitrogens with one attached hydrogen (secondary N) is 1. The number of benzene rings is 1. The number of hydrogen-bond acceptors (Lipinski definition) is 4. The van der Waals surface area contributed by atoms with Crippen molar-refractivity contribution in [1.29, 1.82) is 0 Å².